The topological polar surface area (TPSA) is 38.3 Å². The van der Waals surface area contributed by atoms with Crippen LogP contribution in [0.5, 0.6) is 0 Å². The van der Waals surface area contributed by atoms with Crippen molar-refractivity contribution in [2.45, 2.75) is 12.6 Å². The zero-order valence-corrected chi connectivity index (χ0v) is 8.32. The fourth-order valence-electron chi connectivity index (χ4n) is 1.00. The van der Waals surface area contributed by atoms with Crippen molar-refractivity contribution in [1.82, 2.24) is 5.32 Å². The fourth-order valence-corrected chi connectivity index (χ4v) is 1.95. The molecule has 0 aromatic carbocycles. The fraction of sp³-hybridized carbons (Fsp3) is 0.375. The third-order valence-corrected chi connectivity index (χ3v) is 3.02. The van der Waals surface area contributed by atoms with E-state index in [2.05, 4.69) is 5.32 Å². The SMILES string of the molecule is O=C(N[C@@H]1CCO1)c1ccc(Cl)s1. The van der Waals surface area contributed by atoms with Crippen LogP contribution in [0.15, 0.2) is 12.1 Å². The minimum Gasteiger partial charge on any atom is -0.358 e. The Morgan fingerprint density at radius 1 is 1.69 bits per heavy atom. The summed E-state index contributed by atoms with van der Waals surface area (Å²) in [5.74, 6) is -0.110. The lowest BCUT2D eigenvalue weighted by Gasteiger charge is -2.26. The van der Waals surface area contributed by atoms with Gasteiger partial charge in [-0.3, -0.25) is 4.79 Å². The maximum absolute atomic E-state index is 11.4. The molecule has 0 bridgehead atoms. The quantitative estimate of drug-likeness (QED) is 0.822. The summed E-state index contributed by atoms with van der Waals surface area (Å²) in [4.78, 5) is 12.0. The average molecular weight is 218 g/mol. The first-order valence-electron chi connectivity index (χ1n) is 3.93. The lowest BCUT2D eigenvalue weighted by molar-refractivity contribution is -0.0646. The maximum Gasteiger partial charge on any atom is 0.263 e. The molecule has 1 fully saturated rings. The molecule has 1 saturated heterocycles. The first-order chi connectivity index (χ1) is 6.25. The number of ether oxygens (including phenoxy) is 1. The number of hydrogen-bond acceptors (Lipinski definition) is 3. The summed E-state index contributed by atoms with van der Waals surface area (Å²) in [6.07, 6.45) is 0.790. The Morgan fingerprint density at radius 3 is 2.92 bits per heavy atom. The van der Waals surface area contributed by atoms with E-state index in [0.717, 1.165) is 13.0 Å². The second kappa shape index (κ2) is 3.65. The molecule has 0 aliphatic carbocycles. The molecule has 13 heavy (non-hydrogen) atoms. The Hall–Kier alpha value is -0.580. The summed E-state index contributed by atoms with van der Waals surface area (Å²) < 4.78 is 5.69. The van der Waals surface area contributed by atoms with Crippen molar-refractivity contribution in [1.29, 1.82) is 0 Å². The standard InChI is InChI=1S/C8H8ClNO2S/c9-6-2-1-5(13-6)8(11)10-7-3-4-12-7/h1-2,7H,3-4H2,(H,10,11)/t7-/m0/s1. The number of amides is 1. The van der Waals surface area contributed by atoms with Gasteiger partial charge in [-0.05, 0) is 12.1 Å². The zero-order valence-electron chi connectivity index (χ0n) is 6.75. The molecule has 70 valence electrons. The van der Waals surface area contributed by atoms with Gasteiger partial charge in [-0.1, -0.05) is 11.6 Å². The van der Waals surface area contributed by atoms with Gasteiger partial charge in [0.05, 0.1) is 15.8 Å². The van der Waals surface area contributed by atoms with E-state index in [1.807, 2.05) is 0 Å². The molecule has 0 unspecified atom stereocenters. The molecule has 0 radical (unpaired) electrons. The summed E-state index contributed by atoms with van der Waals surface area (Å²) in [6, 6.07) is 3.42. The molecule has 0 saturated carbocycles. The van der Waals surface area contributed by atoms with Crippen molar-refractivity contribution >= 4 is 28.8 Å². The third-order valence-electron chi connectivity index (χ3n) is 1.79. The Morgan fingerprint density at radius 2 is 2.46 bits per heavy atom. The minimum atomic E-state index is -0.110. The predicted octanol–water partition coefficient (Wildman–Crippen LogP) is 1.88. The first-order valence-corrected chi connectivity index (χ1v) is 5.13. The Balaban J connectivity index is 1.96. The molecule has 3 nitrogen and oxygen atoms in total. The van der Waals surface area contributed by atoms with E-state index in [4.69, 9.17) is 16.3 Å². The summed E-state index contributed by atoms with van der Waals surface area (Å²) in [6.45, 7) is 0.732. The second-order valence-electron chi connectivity index (χ2n) is 2.73. The number of halogens is 1. The van der Waals surface area contributed by atoms with Gasteiger partial charge in [-0.25, -0.2) is 0 Å². The van der Waals surface area contributed by atoms with E-state index < -0.39 is 0 Å². The third kappa shape index (κ3) is 2.02. The van der Waals surface area contributed by atoms with Crippen molar-refractivity contribution < 1.29 is 9.53 Å². The normalized spacial score (nSPS) is 20.8. The second-order valence-corrected chi connectivity index (χ2v) is 4.44. The highest BCUT2D eigenvalue weighted by atomic mass is 35.5. The molecule has 1 amide bonds. The van der Waals surface area contributed by atoms with Crippen molar-refractivity contribution in [3.63, 3.8) is 0 Å². The largest absolute Gasteiger partial charge is 0.358 e. The van der Waals surface area contributed by atoms with Crippen LogP contribution in [0.4, 0.5) is 0 Å². The van der Waals surface area contributed by atoms with Crippen LogP contribution in [-0.4, -0.2) is 18.7 Å². The molecule has 1 aliphatic heterocycles. The molecule has 2 rings (SSSR count). The van der Waals surface area contributed by atoms with Crippen molar-refractivity contribution in [2.24, 2.45) is 0 Å². The molecule has 1 aliphatic rings. The van der Waals surface area contributed by atoms with E-state index in [1.54, 1.807) is 12.1 Å². The summed E-state index contributed by atoms with van der Waals surface area (Å²) in [5, 5.41) is 2.74. The number of carbonyl (C=O) groups is 1. The Kier molecular flexibility index (Phi) is 2.53. The monoisotopic (exact) mass is 217 g/mol. The van der Waals surface area contributed by atoms with Gasteiger partial charge in [0, 0.05) is 6.42 Å². The molecular formula is C8H8ClNO2S. The highest BCUT2D eigenvalue weighted by molar-refractivity contribution is 7.17. The first kappa shape index (κ1) is 8.99. The van der Waals surface area contributed by atoms with Crippen LogP contribution >= 0.6 is 22.9 Å². The summed E-state index contributed by atoms with van der Waals surface area (Å²) in [5.41, 5.74) is 0. The number of rotatable bonds is 2. The Bertz CT molecular complexity index is 322. The number of carbonyl (C=O) groups excluding carboxylic acids is 1. The van der Waals surface area contributed by atoms with Crippen LogP contribution in [0, 0.1) is 0 Å². The van der Waals surface area contributed by atoms with Gasteiger partial charge in [0.2, 0.25) is 0 Å². The number of thiophene rings is 1. The maximum atomic E-state index is 11.4. The molecule has 5 heteroatoms. The van der Waals surface area contributed by atoms with Gasteiger partial charge in [-0.15, -0.1) is 11.3 Å². The Labute approximate surface area is 84.7 Å². The van der Waals surface area contributed by atoms with Crippen LogP contribution in [0.25, 0.3) is 0 Å². The van der Waals surface area contributed by atoms with Crippen LogP contribution < -0.4 is 5.32 Å². The lowest BCUT2D eigenvalue weighted by Crippen LogP contribution is -2.43. The molecular weight excluding hydrogens is 210 g/mol. The van der Waals surface area contributed by atoms with E-state index in [1.165, 1.54) is 11.3 Å². The zero-order chi connectivity index (χ0) is 9.26. The molecule has 2 heterocycles. The van der Waals surface area contributed by atoms with E-state index in [0.29, 0.717) is 9.21 Å². The van der Waals surface area contributed by atoms with Gasteiger partial charge in [-0.2, -0.15) is 0 Å². The van der Waals surface area contributed by atoms with Crippen molar-refractivity contribution in [3.8, 4) is 0 Å². The van der Waals surface area contributed by atoms with E-state index >= 15 is 0 Å². The van der Waals surface area contributed by atoms with Crippen LogP contribution in [0.1, 0.15) is 16.1 Å². The number of hydrogen-bond donors (Lipinski definition) is 1. The van der Waals surface area contributed by atoms with Crippen LogP contribution in [0.3, 0.4) is 0 Å². The minimum absolute atomic E-state index is 0.103. The highest BCUT2D eigenvalue weighted by Gasteiger charge is 2.21. The highest BCUT2D eigenvalue weighted by Crippen LogP contribution is 2.21. The molecule has 0 spiro atoms. The van der Waals surface area contributed by atoms with Crippen molar-refractivity contribution in [3.05, 3.63) is 21.3 Å². The van der Waals surface area contributed by atoms with Gasteiger partial charge in [0.1, 0.15) is 6.23 Å². The average Bonchev–Trinajstić information content (AvgIpc) is 2.44. The molecule has 1 aromatic rings. The molecule has 1 aromatic heterocycles. The van der Waals surface area contributed by atoms with E-state index in [9.17, 15) is 4.79 Å². The van der Waals surface area contributed by atoms with Crippen LogP contribution in [-0.2, 0) is 4.74 Å². The van der Waals surface area contributed by atoms with Gasteiger partial charge in [0.15, 0.2) is 0 Å². The van der Waals surface area contributed by atoms with Crippen LogP contribution in [0.2, 0.25) is 4.34 Å². The number of nitrogens with one attached hydrogen (secondary N) is 1. The van der Waals surface area contributed by atoms with Gasteiger partial charge < -0.3 is 10.1 Å². The molecule has 1 N–H and O–H groups in total. The van der Waals surface area contributed by atoms with Gasteiger partial charge >= 0.3 is 0 Å². The van der Waals surface area contributed by atoms with Crippen molar-refractivity contribution in [2.75, 3.05) is 6.61 Å². The summed E-state index contributed by atoms with van der Waals surface area (Å²) in [7, 11) is 0. The molecule has 1 atom stereocenters. The van der Waals surface area contributed by atoms with Gasteiger partial charge in [0.25, 0.3) is 5.91 Å². The predicted molar refractivity (Wildman–Crippen MR) is 51.2 cm³/mol. The smallest absolute Gasteiger partial charge is 0.263 e. The summed E-state index contributed by atoms with van der Waals surface area (Å²) >= 11 is 6.97. The van der Waals surface area contributed by atoms with E-state index in [-0.39, 0.29) is 12.1 Å². The lowest BCUT2D eigenvalue weighted by atomic mass is 10.3.